The van der Waals surface area contributed by atoms with E-state index in [0.29, 0.717) is 0 Å². The molecule has 0 bridgehead atoms. The molecule has 1 fully saturated rings. The zero-order chi connectivity index (χ0) is 9.36. The highest BCUT2D eigenvalue weighted by atomic mass is 14.8. The van der Waals surface area contributed by atoms with Gasteiger partial charge in [-0.15, -0.1) is 0 Å². The van der Waals surface area contributed by atoms with Crippen LogP contribution in [0.5, 0.6) is 0 Å². The van der Waals surface area contributed by atoms with E-state index in [1.165, 1.54) is 64.3 Å². The Kier molecular flexibility index (Phi) is 6.26. The maximum absolute atomic E-state index is 3.27. The molecule has 0 aromatic heterocycles. The molecular formula is C12H25N. The average Bonchev–Trinajstić information content (AvgIpc) is 2.28. The highest BCUT2D eigenvalue weighted by Crippen LogP contribution is 2.23. The zero-order valence-corrected chi connectivity index (χ0v) is 9.15. The summed E-state index contributed by atoms with van der Waals surface area (Å²) in [6, 6.07) is 0. The number of hydrogen-bond acceptors (Lipinski definition) is 1. The van der Waals surface area contributed by atoms with E-state index in [-0.39, 0.29) is 0 Å². The summed E-state index contributed by atoms with van der Waals surface area (Å²) in [5.74, 6) is 1.02. The van der Waals surface area contributed by atoms with Gasteiger partial charge >= 0.3 is 0 Å². The summed E-state index contributed by atoms with van der Waals surface area (Å²) in [5, 5.41) is 3.27. The topological polar surface area (TPSA) is 12.0 Å². The molecule has 0 amide bonds. The Balaban J connectivity index is 2.16. The van der Waals surface area contributed by atoms with Gasteiger partial charge in [0.2, 0.25) is 0 Å². The number of hydrogen-bond donors (Lipinski definition) is 1. The second-order valence-corrected chi connectivity index (χ2v) is 4.46. The third kappa shape index (κ3) is 5.30. The third-order valence-corrected chi connectivity index (χ3v) is 3.28. The van der Waals surface area contributed by atoms with Gasteiger partial charge in [-0.2, -0.15) is 0 Å². The Morgan fingerprint density at radius 2 is 1.46 bits per heavy atom. The molecule has 0 spiro atoms. The van der Waals surface area contributed by atoms with Gasteiger partial charge in [-0.3, -0.25) is 0 Å². The largest absolute Gasteiger partial charge is 0.320 e. The molecule has 0 atom stereocenters. The monoisotopic (exact) mass is 183 g/mol. The molecule has 1 aliphatic rings. The summed E-state index contributed by atoms with van der Waals surface area (Å²) in [7, 11) is 2.06. The van der Waals surface area contributed by atoms with Crippen LogP contribution in [0.2, 0.25) is 0 Å². The lowest BCUT2D eigenvalue weighted by molar-refractivity contribution is 0.396. The molecule has 0 aliphatic heterocycles. The molecule has 1 aliphatic carbocycles. The number of nitrogens with one attached hydrogen (secondary N) is 1. The van der Waals surface area contributed by atoms with Crippen molar-refractivity contribution in [3.8, 4) is 0 Å². The average molecular weight is 183 g/mol. The first-order valence-electron chi connectivity index (χ1n) is 6.08. The van der Waals surface area contributed by atoms with Gasteiger partial charge in [0.05, 0.1) is 0 Å². The Morgan fingerprint density at radius 1 is 0.923 bits per heavy atom. The fourth-order valence-corrected chi connectivity index (χ4v) is 2.35. The summed E-state index contributed by atoms with van der Waals surface area (Å²) < 4.78 is 0. The SMILES string of the molecule is CNCCC1CCCCCCCC1. The summed E-state index contributed by atoms with van der Waals surface area (Å²) in [5.41, 5.74) is 0. The second kappa shape index (κ2) is 7.37. The molecule has 0 heterocycles. The molecule has 78 valence electrons. The van der Waals surface area contributed by atoms with E-state index in [1.807, 2.05) is 0 Å². The molecule has 1 rings (SSSR count). The van der Waals surface area contributed by atoms with Crippen LogP contribution < -0.4 is 5.32 Å². The van der Waals surface area contributed by atoms with Crippen molar-refractivity contribution >= 4 is 0 Å². The highest BCUT2D eigenvalue weighted by Gasteiger charge is 2.09. The lowest BCUT2D eigenvalue weighted by Gasteiger charge is -2.14. The zero-order valence-electron chi connectivity index (χ0n) is 9.15. The van der Waals surface area contributed by atoms with Crippen LogP contribution in [0.3, 0.4) is 0 Å². The fourth-order valence-electron chi connectivity index (χ4n) is 2.35. The van der Waals surface area contributed by atoms with E-state index in [0.717, 1.165) is 5.92 Å². The van der Waals surface area contributed by atoms with E-state index in [9.17, 15) is 0 Å². The van der Waals surface area contributed by atoms with E-state index in [4.69, 9.17) is 0 Å². The van der Waals surface area contributed by atoms with Gasteiger partial charge in [0.25, 0.3) is 0 Å². The predicted octanol–water partition coefficient (Wildman–Crippen LogP) is 3.35. The molecule has 1 heteroatoms. The van der Waals surface area contributed by atoms with Crippen molar-refractivity contribution < 1.29 is 0 Å². The van der Waals surface area contributed by atoms with Crippen molar-refractivity contribution in [2.24, 2.45) is 5.92 Å². The van der Waals surface area contributed by atoms with Crippen molar-refractivity contribution in [1.29, 1.82) is 0 Å². The van der Waals surface area contributed by atoms with Gasteiger partial charge in [-0.25, -0.2) is 0 Å². The normalized spacial score (nSPS) is 21.9. The molecule has 0 aromatic rings. The first-order chi connectivity index (χ1) is 6.43. The Hall–Kier alpha value is -0.0400. The van der Waals surface area contributed by atoms with Gasteiger partial charge < -0.3 is 5.32 Å². The molecular weight excluding hydrogens is 158 g/mol. The van der Waals surface area contributed by atoms with E-state index < -0.39 is 0 Å². The minimum atomic E-state index is 1.02. The molecule has 1 N–H and O–H groups in total. The van der Waals surface area contributed by atoms with Crippen LogP contribution in [0.25, 0.3) is 0 Å². The van der Waals surface area contributed by atoms with Gasteiger partial charge in [-0.1, -0.05) is 51.4 Å². The Labute approximate surface area is 83.3 Å². The van der Waals surface area contributed by atoms with Crippen molar-refractivity contribution in [2.45, 2.75) is 57.8 Å². The second-order valence-electron chi connectivity index (χ2n) is 4.46. The lowest BCUT2D eigenvalue weighted by atomic mass is 9.94. The summed E-state index contributed by atoms with van der Waals surface area (Å²) in [4.78, 5) is 0. The van der Waals surface area contributed by atoms with Crippen LogP contribution >= 0.6 is 0 Å². The summed E-state index contributed by atoms with van der Waals surface area (Å²) >= 11 is 0. The van der Waals surface area contributed by atoms with Crippen LogP contribution in [-0.4, -0.2) is 13.6 Å². The molecule has 0 aromatic carbocycles. The predicted molar refractivity (Wildman–Crippen MR) is 59.0 cm³/mol. The van der Waals surface area contributed by atoms with Gasteiger partial charge in [0.1, 0.15) is 0 Å². The van der Waals surface area contributed by atoms with Crippen LogP contribution in [0.4, 0.5) is 0 Å². The molecule has 13 heavy (non-hydrogen) atoms. The van der Waals surface area contributed by atoms with Crippen LogP contribution in [-0.2, 0) is 0 Å². The standard InChI is InChI=1S/C12H25N/c1-13-11-10-12-8-6-4-2-3-5-7-9-12/h12-13H,2-11H2,1H3. The summed E-state index contributed by atoms with van der Waals surface area (Å²) in [6.45, 7) is 1.21. The van der Waals surface area contributed by atoms with Crippen LogP contribution in [0.1, 0.15) is 57.8 Å². The van der Waals surface area contributed by atoms with Crippen LogP contribution in [0.15, 0.2) is 0 Å². The first-order valence-corrected chi connectivity index (χ1v) is 6.08. The van der Waals surface area contributed by atoms with Crippen molar-refractivity contribution in [3.63, 3.8) is 0 Å². The molecule has 1 saturated carbocycles. The van der Waals surface area contributed by atoms with Crippen molar-refractivity contribution in [2.75, 3.05) is 13.6 Å². The molecule has 1 nitrogen and oxygen atoms in total. The van der Waals surface area contributed by atoms with E-state index in [2.05, 4.69) is 12.4 Å². The molecule has 0 saturated heterocycles. The van der Waals surface area contributed by atoms with Gasteiger partial charge in [0.15, 0.2) is 0 Å². The minimum Gasteiger partial charge on any atom is -0.320 e. The maximum Gasteiger partial charge on any atom is -0.00493 e. The maximum atomic E-state index is 3.27. The smallest absolute Gasteiger partial charge is 0.00493 e. The van der Waals surface area contributed by atoms with Gasteiger partial charge in [-0.05, 0) is 25.9 Å². The van der Waals surface area contributed by atoms with Gasteiger partial charge in [0, 0.05) is 0 Å². The Morgan fingerprint density at radius 3 is 2.00 bits per heavy atom. The van der Waals surface area contributed by atoms with E-state index in [1.54, 1.807) is 0 Å². The molecule has 0 unspecified atom stereocenters. The minimum absolute atomic E-state index is 1.02. The summed E-state index contributed by atoms with van der Waals surface area (Å²) in [6.07, 6.45) is 13.3. The first kappa shape index (κ1) is 11.0. The lowest BCUT2D eigenvalue weighted by Crippen LogP contribution is -2.13. The van der Waals surface area contributed by atoms with Crippen molar-refractivity contribution in [1.82, 2.24) is 5.32 Å². The highest BCUT2D eigenvalue weighted by molar-refractivity contribution is 4.63. The van der Waals surface area contributed by atoms with E-state index >= 15 is 0 Å². The van der Waals surface area contributed by atoms with Crippen LogP contribution in [0, 0.1) is 5.92 Å². The fraction of sp³-hybridized carbons (Fsp3) is 1.00. The van der Waals surface area contributed by atoms with Crippen molar-refractivity contribution in [3.05, 3.63) is 0 Å². The third-order valence-electron chi connectivity index (χ3n) is 3.28. The quantitative estimate of drug-likeness (QED) is 0.707. The number of rotatable bonds is 3. The molecule has 0 radical (unpaired) electrons. The Bertz CT molecular complexity index is 102.